The normalized spacial score (nSPS) is 23.3. The van der Waals surface area contributed by atoms with E-state index in [1.807, 2.05) is 13.8 Å². The third kappa shape index (κ3) is 12.8. The Kier molecular flexibility index (Phi) is 16.3. The average molecular weight is 824 g/mol. The molecular weight excluding hydrogens is 780 g/mol. The Bertz CT molecular complexity index is 1520. The Morgan fingerprint density at radius 3 is 1.31 bits per heavy atom. The fourth-order valence-electron chi connectivity index (χ4n) is 6.30. The fraction of sp³-hybridized carbons (Fsp3) is 0.300. The number of allylic oxidation sites excluding steroid dienone is 4. The molecule has 0 saturated carbocycles. The molecule has 0 unspecified atom stereocenters. The minimum atomic E-state index is -6.00. The van der Waals surface area contributed by atoms with E-state index in [0.29, 0.717) is 0 Å². The molecule has 3 nitrogen and oxygen atoms in total. The second-order valence-electron chi connectivity index (χ2n) is 12.5. The Hall–Kier alpha value is -2.49. The van der Waals surface area contributed by atoms with Gasteiger partial charge in [-0.2, -0.15) is 0 Å². The van der Waals surface area contributed by atoms with Crippen LogP contribution in [0, 0.1) is 0 Å². The first-order valence-electron chi connectivity index (χ1n) is 17.0. The van der Waals surface area contributed by atoms with Gasteiger partial charge in [0.1, 0.15) is 6.10 Å². The van der Waals surface area contributed by atoms with Gasteiger partial charge in [0.15, 0.2) is 12.1 Å². The Balaban J connectivity index is 0.000000353. The number of benzene rings is 4. The summed E-state index contributed by atoms with van der Waals surface area (Å²) in [4.78, 5) is 0. The maximum absolute atomic E-state index is 9.75. The Morgan fingerprint density at radius 1 is 0.588 bits per heavy atom. The fourth-order valence-corrected chi connectivity index (χ4v) is 11.9. The van der Waals surface area contributed by atoms with Gasteiger partial charge >= 0.3 is 7.25 Å². The van der Waals surface area contributed by atoms with Gasteiger partial charge in [0.2, 0.25) is 0 Å². The van der Waals surface area contributed by atoms with Crippen molar-refractivity contribution in [1.82, 2.24) is 0 Å². The first-order valence-corrected chi connectivity index (χ1v) is 20.0. The van der Waals surface area contributed by atoms with Gasteiger partial charge in [-0.1, -0.05) is 146 Å². The first kappa shape index (κ1) is 41.3. The van der Waals surface area contributed by atoms with Crippen molar-refractivity contribution in [1.29, 1.82) is 0 Å². The number of fused-ring (bicyclic) bond motifs is 1. The van der Waals surface area contributed by atoms with E-state index in [-0.39, 0.29) is 43.6 Å². The van der Waals surface area contributed by atoms with Crippen LogP contribution in [0.4, 0.5) is 17.3 Å². The second kappa shape index (κ2) is 20.1. The number of halogens is 4. The van der Waals surface area contributed by atoms with Crippen LogP contribution in [-0.2, 0) is 33.7 Å². The summed E-state index contributed by atoms with van der Waals surface area (Å²) in [7, 11) is -7.37. The van der Waals surface area contributed by atoms with Crippen molar-refractivity contribution in [3.05, 3.63) is 146 Å². The van der Waals surface area contributed by atoms with Crippen molar-refractivity contribution >= 4 is 44.3 Å². The third-order valence-electron chi connectivity index (χ3n) is 8.31. The molecule has 11 heteroatoms. The zero-order valence-corrected chi connectivity index (χ0v) is 32.2. The Morgan fingerprint density at radius 2 is 0.941 bits per heavy atom. The van der Waals surface area contributed by atoms with E-state index < -0.39 is 28.9 Å². The number of rotatable bonds is 7. The number of ether oxygens (including phenoxy) is 3. The monoisotopic (exact) mass is 824 g/mol. The largest absolute Gasteiger partial charge is 0.673 e. The van der Waals surface area contributed by atoms with Crippen LogP contribution in [0.25, 0.3) is 0 Å². The van der Waals surface area contributed by atoms with Crippen LogP contribution in [0.15, 0.2) is 146 Å². The summed E-state index contributed by atoms with van der Waals surface area (Å²) in [5.74, 6) is -0.656. The van der Waals surface area contributed by atoms with Crippen LogP contribution < -0.4 is 21.2 Å². The van der Waals surface area contributed by atoms with Crippen molar-refractivity contribution in [2.45, 2.75) is 69.5 Å². The maximum Gasteiger partial charge on any atom is 0.673 e. The van der Waals surface area contributed by atoms with Gasteiger partial charge in [-0.05, 0) is 76.6 Å². The molecule has 2 heterocycles. The van der Waals surface area contributed by atoms with Gasteiger partial charge in [0.05, 0.1) is 6.10 Å². The molecule has 2 saturated heterocycles. The summed E-state index contributed by atoms with van der Waals surface area (Å²) in [6, 6.07) is 43.6. The molecule has 1 aliphatic carbocycles. The van der Waals surface area contributed by atoms with Gasteiger partial charge in [-0.15, -0.1) is 0 Å². The van der Waals surface area contributed by atoms with Crippen molar-refractivity contribution < 1.29 is 51.0 Å². The molecule has 2 fully saturated rings. The molecule has 0 amide bonds. The van der Waals surface area contributed by atoms with E-state index in [1.165, 1.54) is 46.9 Å². The summed E-state index contributed by atoms with van der Waals surface area (Å²) in [5, 5.41) is 5.43. The van der Waals surface area contributed by atoms with E-state index in [2.05, 4.69) is 146 Å². The summed E-state index contributed by atoms with van der Waals surface area (Å²) < 4.78 is 58.7. The van der Waals surface area contributed by atoms with Crippen LogP contribution in [0.2, 0.25) is 0 Å². The number of hydrogen-bond acceptors (Lipinski definition) is 3. The zero-order chi connectivity index (χ0) is 35.4. The smallest absolute Gasteiger partial charge is 0.418 e. The quantitative estimate of drug-likeness (QED) is 0.0805. The van der Waals surface area contributed by atoms with Crippen molar-refractivity contribution in [2.24, 2.45) is 0 Å². The van der Waals surface area contributed by atoms with Gasteiger partial charge < -0.3 is 31.5 Å². The van der Waals surface area contributed by atoms with Crippen molar-refractivity contribution in [3.8, 4) is 0 Å². The van der Waals surface area contributed by atoms with E-state index in [1.54, 1.807) is 0 Å². The maximum atomic E-state index is 9.75. The van der Waals surface area contributed by atoms with Gasteiger partial charge in [-0.3, -0.25) is 0 Å². The molecule has 1 radical (unpaired) electrons. The van der Waals surface area contributed by atoms with E-state index in [4.69, 9.17) is 14.2 Å². The molecule has 4 aromatic carbocycles. The minimum Gasteiger partial charge on any atom is -0.418 e. The molecule has 51 heavy (non-hydrogen) atoms. The molecule has 7 rings (SSSR count). The van der Waals surface area contributed by atoms with E-state index >= 15 is 0 Å². The van der Waals surface area contributed by atoms with Crippen LogP contribution in [-0.4, -0.2) is 43.4 Å². The molecule has 273 valence electrons. The first-order chi connectivity index (χ1) is 24.1. The van der Waals surface area contributed by atoms with Gasteiger partial charge in [0.25, 0.3) is 0 Å². The molecule has 0 spiro atoms. The third-order valence-corrected chi connectivity index (χ3v) is 13.8. The molecule has 4 aromatic rings. The molecule has 0 bridgehead atoms. The Labute approximate surface area is 315 Å². The molecule has 3 aliphatic rings. The number of hydrogen-bond donors (Lipinski definition) is 0. The van der Waals surface area contributed by atoms with Gasteiger partial charge in [-0.25, -0.2) is 0 Å². The summed E-state index contributed by atoms with van der Waals surface area (Å²) in [6.07, 6.45) is 14.5. The van der Waals surface area contributed by atoms with Gasteiger partial charge in [0, 0.05) is 31.3 Å². The molecule has 0 N–H and O–H groups in total. The van der Waals surface area contributed by atoms with E-state index in [0.717, 1.165) is 6.16 Å². The van der Waals surface area contributed by atoms with Crippen LogP contribution >= 0.6 is 15.8 Å². The topological polar surface area (TPSA) is 27.7 Å². The molecule has 0 aromatic heterocycles. The van der Waals surface area contributed by atoms with Crippen LogP contribution in [0.1, 0.15) is 39.5 Å². The average Bonchev–Trinajstić information content (AvgIpc) is 3.56. The van der Waals surface area contributed by atoms with Crippen molar-refractivity contribution in [3.63, 3.8) is 0 Å². The summed E-state index contributed by atoms with van der Waals surface area (Å²) >= 11 is 0. The molecule has 4 atom stereocenters. The van der Waals surface area contributed by atoms with Crippen molar-refractivity contribution in [2.75, 3.05) is 6.16 Å². The van der Waals surface area contributed by atoms with E-state index in [9.17, 15) is 17.3 Å². The minimum absolute atomic E-state index is 0. The second-order valence-corrected chi connectivity index (χ2v) is 17.2. The predicted molar refractivity (Wildman–Crippen MR) is 202 cm³/mol. The standard InChI is InChI=1S/C32H32O3P2.C8H12.BF4.Rh/c1-32(2)34-29-30(37(26-19-11-5-12-20-26)27-21-13-6-14-22-27)28(33-31(29)35-32)23-36(24-15-7-3-8-16-24)25-17-9-4-10-18-25;1-2-4-6-8-7-5-3-1;2-1(3,4)5;/h3-22,28-31H,23H2,1-2H3;1-2,7-8H,3-6H2;;/q;;-1;/b;2-1-,8-7-;;/t28-,29-,30+,31-;;;/m1.../s1. The molecular formula is C40H44BF4O3P2Rh-. The summed E-state index contributed by atoms with van der Waals surface area (Å²) in [6.45, 7) is 3.99. The SMILES string of the molecule is C1=C\CC/C=C\CC/1.CC1(C)O[C@H]2O[C@H](CP(c3ccccc3)c3ccccc3)[C@H](P(c3ccccc3)c3ccccc3)[C@H]2O1.F[B-](F)(F)F.[Rh]. The predicted octanol–water partition coefficient (Wildman–Crippen LogP) is 9.47. The summed E-state index contributed by atoms with van der Waals surface area (Å²) in [5.41, 5.74) is 0.170. The van der Waals surface area contributed by atoms with Crippen LogP contribution in [0.3, 0.4) is 0 Å². The zero-order valence-electron chi connectivity index (χ0n) is 28.7. The van der Waals surface area contributed by atoms with Crippen LogP contribution in [0.5, 0.6) is 0 Å². The molecule has 2 aliphatic heterocycles.